The Morgan fingerprint density at radius 1 is 1.06 bits per heavy atom. The average Bonchev–Trinajstić information content (AvgIpc) is 2.34. The van der Waals surface area contributed by atoms with E-state index in [9.17, 15) is 4.79 Å². The van der Waals surface area contributed by atoms with Crippen molar-refractivity contribution in [2.24, 2.45) is 0 Å². The van der Waals surface area contributed by atoms with Crippen LogP contribution in [0.4, 0.5) is 0 Å². The highest BCUT2D eigenvalue weighted by Gasteiger charge is 2.04. The molecule has 0 fully saturated rings. The summed E-state index contributed by atoms with van der Waals surface area (Å²) >= 11 is 3.44. The molecule has 18 heavy (non-hydrogen) atoms. The number of unbranched alkanes of at least 4 members (excludes halogenated alkanes) is 8. The number of hydrogen-bond donors (Lipinski definition) is 2. The summed E-state index contributed by atoms with van der Waals surface area (Å²) in [6.45, 7) is 2.28. The van der Waals surface area contributed by atoms with E-state index in [1.165, 1.54) is 51.4 Å². The maximum atomic E-state index is 10.3. The molecule has 3 nitrogen and oxygen atoms in total. The van der Waals surface area contributed by atoms with Crippen molar-refractivity contribution in [2.45, 2.75) is 76.1 Å². The van der Waals surface area contributed by atoms with Crippen molar-refractivity contribution in [3.63, 3.8) is 0 Å². The molecule has 0 rings (SSSR count). The number of carboxylic acid groups (broad SMARTS) is 1. The van der Waals surface area contributed by atoms with Crippen molar-refractivity contribution in [3.8, 4) is 0 Å². The van der Waals surface area contributed by atoms with Gasteiger partial charge in [-0.15, -0.1) is 0 Å². The quantitative estimate of drug-likeness (QED) is 0.302. The molecule has 0 radical (unpaired) electrons. The van der Waals surface area contributed by atoms with Gasteiger partial charge in [0.2, 0.25) is 0 Å². The van der Waals surface area contributed by atoms with E-state index in [2.05, 4.69) is 28.2 Å². The summed E-state index contributed by atoms with van der Waals surface area (Å²) in [5, 5.41) is 11.4. The van der Waals surface area contributed by atoms with Gasteiger partial charge in [-0.05, 0) is 6.42 Å². The van der Waals surface area contributed by atoms with Crippen molar-refractivity contribution in [3.05, 3.63) is 0 Å². The second-order valence-corrected chi connectivity index (χ2v) is 5.96. The fourth-order valence-corrected chi connectivity index (χ4v) is 2.42. The van der Waals surface area contributed by atoms with E-state index in [-0.39, 0.29) is 11.5 Å². The number of halogens is 1. The van der Waals surface area contributed by atoms with Gasteiger partial charge in [0.15, 0.2) is 0 Å². The Balaban J connectivity index is 3.12. The maximum absolute atomic E-state index is 10.3. The van der Waals surface area contributed by atoms with Gasteiger partial charge >= 0.3 is 5.97 Å². The van der Waals surface area contributed by atoms with E-state index in [0.29, 0.717) is 0 Å². The Hall–Kier alpha value is -0.0900. The van der Waals surface area contributed by atoms with Gasteiger partial charge in [-0.25, -0.2) is 0 Å². The first-order chi connectivity index (χ1) is 8.66. The molecule has 0 amide bonds. The number of carbonyl (C=O) groups is 1. The number of nitrogens with one attached hydrogen (secondary N) is 1. The Kier molecular flexibility index (Phi) is 13.3. The summed E-state index contributed by atoms with van der Waals surface area (Å²) in [6, 6.07) is 0. The van der Waals surface area contributed by atoms with Gasteiger partial charge in [0.1, 0.15) is 0 Å². The highest BCUT2D eigenvalue weighted by atomic mass is 79.9. The van der Waals surface area contributed by atoms with Crippen LogP contribution >= 0.6 is 15.9 Å². The minimum absolute atomic E-state index is 0.0351. The first kappa shape index (κ1) is 17.9. The van der Waals surface area contributed by atoms with E-state index in [1.807, 2.05) is 0 Å². The van der Waals surface area contributed by atoms with Gasteiger partial charge in [-0.2, -0.15) is 0 Å². The Bertz CT molecular complexity index is 200. The maximum Gasteiger partial charge on any atom is 0.317 e. The number of rotatable bonds is 13. The summed E-state index contributed by atoms with van der Waals surface area (Å²) in [7, 11) is 0. The van der Waals surface area contributed by atoms with Gasteiger partial charge in [0.25, 0.3) is 0 Å². The third-order valence-electron chi connectivity index (χ3n) is 3.04. The van der Waals surface area contributed by atoms with E-state index in [4.69, 9.17) is 5.11 Å². The lowest BCUT2D eigenvalue weighted by atomic mass is 10.1. The summed E-state index contributed by atoms with van der Waals surface area (Å²) in [5.41, 5.74) is 0. The van der Waals surface area contributed by atoms with Crippen LogP contribution in [0, 0.1) is 0 Å². The molecule has 0 aliphatic carbocycles. The summed E-state index contributed by atoms with van der Waals surface area (Å²) in [4.78, 5) is 10.5. The van der Waals surface area contributed by atoms with Crippen LogP contribution in [0.5, 0.6) is 0 Å². The first-order valence-corrected chi connectivity index (χ1v) is 8.17. The molecule has 0 aromatic heterocycles. The highest BCUT2D eigenvalue weighted by Crippen LogP contribution is 2.12. The minimum atomic E-state index is -0.800. The minimum Gasteiger partial charge on any atom is -0.480 e. The summed E-state index contributed by atoms with van der Waals surface area (Å²) in [6.07, 6.45) is 12.9. The first-order valence-electron chi connectivity index (χ1n) is 7.26. The smallest absolute Gasteiger partial charge is 0.317 e. The zero-order valence-electron chi connectivity index (χ0n) is 11.6. The number of hydrogen-bond acceptors (Lipinski definition) is 2. The Morgan fingerprint density at radius 2 is 1.56 bits per heavy atom. The van der Waals surface area contributed by atoms with Gasteiger partial charge in [-0.3, -0.25) is 10.1 Å². The molecule has 0 aromatic carbocycles. The third kappa shape index (κ3) is 14.0. The normalized spacial score (nSPS) is 12.6. The number of carboxylic acids is 1. The van der Waals surface area contributed by atoms with Crippen LogP contribution in [0.25, 0.3) is 0 Å². The highest BCUT2D eigenvalue weighted by molar-refractivity contribution is 9.09. The second-order valence-electron chi connectivity index (χ2n) is 4.86. The fourth-order valence-electron chi connectivity index (χ4n) is 1.93. The molecular weight excluding hydrogens is 294 g/mol. The van der Waals surface area contributed by atoms with Crippen LogP contribution in [0.15, 0.2) is 0 Å². The van der Waals surface area contributed by atoms with Gasteiger partial charge in [-0.1, -0.05) is 80.6 Å². The Morgan fingerprint density at radius 3 is 2.06 bits per heavy atom. The van der Waals surface area contributed by atoms with Gasteiger partial charge in [0, 0.05) is 0 Å². The second kappa shape index (κ2) is 13.3. The molecule has 0 saturated carbocycles. The lowest BCUT2D eigenvalue weighted by Crippen LogP contribution is -2.29. The molecule has 2 N–H and O–H groups in total. The Labute approximate surface area is 120 Å². The zero-order valence-corrected chi connectivity index (χ0v) is 13.2. The van der Waals surface area contributed by atoms with Crippen LogP contribution in [0.3, 0.4) is 0 Å². The van der Waals surface area contributed by atoms with Crippen LogP contribution in [0.1, 0.15) is 71.1 Å². The molecule has 0 aliphatic heterocycles. The van der Waals surface area contributed by atoms with Crippen molar-refractivity contribution >= 4 is 21.9 Å². The molecule has 0 bridgehead atoms. The lowest BCUT2D eigenvalue weighted by Gasteiger charge is -2.09. The van der Waals surface area contributed by atoms with Gasteiger partial charge in [0.05, 0.1) is 11.5 Å². The zero-order chi connectivity index (χ0) is 13.6. The summed E-state index contributed by atoms with van der Waals surface area (Å²) < 4.78 is 0. The molecule has 1 unspecified atom stereocenters. The van der Waals surface area contributed by atoms with Crippen LogP contribution in [-0.4, -0.2) is 22.6 Å². The standard InChI is InChI=1S/C14H28BrNO2/c1-2-3-4-5-6-7-8-9-10-11-13(15)16-12-14(17)18/h13,16H,2-12H2,1H3,(H,17,18). The SMILES string of the molecule is CCCCCCCCCCCC(Br)NCC(=O)O. The lowest BCUT2D eigenvalue weighted by molar-refractivity contribution is -0.136. The predicted molar refractivity (Wildman–Crippen MR) is 80.2 cm³/mol. The largest absolute Gasteiger partial charge is 0.480 e. The average molecular weight is 322 g/mol. The van der Waals surface area contributed by atoms with E-state index >= 15 is 0 Å². The molecule has 4 heteroatoms. The monoisotopic (exact) mass is 321 g/mol. The van der Waals surface area contributed by atoms with Crippen LogP contribution < -0.4 is 5.32 Å². The van der Waals surface area contributed by atoms with Crippen molar-refractivity contribution < 1.29 is 9.90 Å². The molecule has 0 saturated heterocycles. The molecule has 0 heterocycles. The van der Waals surface area contributed by atoms with E-state index in [1.54, 1.807) is 0 Å². The molecule has 0 aromatic rings. The van der Waals surface area contributed by atoms with E-state index < -0.39 is 5.97 Å². The molecule has 108 valence electrons. The fraction of sp³-hybridized carbons (Fsp3) is 0.929. The predicted octanol–water partition coefficient (Wildman–Crippen LogP) is 4.30. The van der Waals surface area contributed by atoms with Crippen LogP contribution in [-0.2, 0) is 4.79 Å². The molecule has 0 aliphatic rings. The van der Waals surface area contributed by atoms with Gasteiger partial charge < -0.3 is 5.11 Å². The topological polar surface area (TPSA) is 49.3 Å². The van der Waals surface area contributed by atoms with Crippen LogP contribution in [0.2, 0.25) is 0 Å². The van der Waals surface area contributed by atoms with Crippen molar-refractivity contribution in [1.82, 2.24) is 5.32 Å². The van der Waals surface area contributed by atoms with Crippen molar-refractivity contribution in [2.75, 3.05) is 6.54 Å². The van der Waals surface area contributed by atoms with E-state index in [0.717, 1.165) is 12.8 Å². The molecule has 1 atom stereocenters. The summed E-state index contributed by atoms with van der Waals surface area (Å²) in [5.74, 6) is -0.800. The number of alkyl halides is 1. The number of aliphatic carboxylic acids is 1. The van der Waals surface area contributed by atoms with Crippen molar-refractivity contribution in [1.29, 1.82) is 0 Å². The molecular formula is C14H28BrNO2. The third-order valence-corrected chi connectivity index (χ3v) is 3.82. The molecule has 0 spiro atoms.